The van der Waals surface area contributed by atoms with Crippen LogP contribution >= 0.6 is 47.2 Å². The minimum absolute atomic E-state index is 0. The molecule has 0 aromatic heterocycles. The summed E-state index contributed by atoms with van der Waals surface area (Å²) >= 11 is 11.9. The number of hydrogen-bond acceptors (Lipinski definition) is 2. The van der Waals surface area contributed by atoms with Crippen molar-refractivity contribution in [3.63, 3.8) is 0 Å². The lowest BCUT2D eigenvalue weighted by Crippen LogP contribution is -2.34. The second-order valence-corrected chi connectivity index (χ2v) is 4.72. The highest BCUT2D eigenvalue weighted by Crippen LogP contribution is 2.25. The summed E-state index contributed by atoms with van der Waals surface area (Å²) in [5.74, 6) is 0.335. The van der Waals surface area contributed by atoms with Gasteiger partial charge in [0, 0.05) is 23.2 Å². The van der Waals surface area contributed by atoms with Crippen molar-refractivity contribution in [3.05, 3.63) is 33.8 Å². The molecule has 1 atom stereocenters. The summed E-state index contributed by atoms with van der Waals surface area (Å²) in [4.78, 5) is 4.08. The molecule has 0 spiro atoms. The maximum Gasteiger partial charge on any atom is 0.189 e. The smallest absolute Gasteiger partial charge is 0.189 e. The number of aliphatic hydroxyl groups excluding tert-OH is 1. The zero-order valence-electron chi connectivity index (χ0n) is 10.6. The second kappa shape index (κ2) is 9.63. The van der Waals surface area contributed by atoms with Crippen LogP contribution in [0.25, 0.3) is 0 Å². The van der Waals surface area contributed by atoms with E-state index < -0.39 is 0 Å². The topological polar surface area (TPSA) is 70.6 Å². The molecule has 0 aliphatic rings. The summed E-state index contributed by atoms with van der Waals surface area (Å²) in [6.07, 6.45) is 0.596. The Bertz CT molecular complexity index is 429. The van der Waals surface area contributed by atoms with Gasteiger partial charge in [-0.15, -0.1) is 24.0 Å². The van der Waals surface area contributed by atoms with Crippen LogP contribution in [0.4, 0.5) is 0 Å². The number of benzene rings is 1. The zero-order chi connectivity index (χ0) is 13.5. The van der Waals surface area contributed by atoms with E-state index in [1.807, 2.05) is 13.0 Å². The third kappa shape index (κ3) is 6.65. The van der Waals surface area contributed by atoms with Crippen LogP contribution in [-0.2, 0) is 0 Å². The molecule has 1 rings (SSSR count). The van der Waals surface area contributed by atoms with Crippen LogP contribution in [-0.4, -0.2) is 24.2 Å². The number of nitrogens with zero attached hydrogens (tertiary/aromatic N) is 1. The summed E-state index contributed by atoms with van der Waals surface area (Å²) < 4.78 is 0. The summed E-state index contributed by atoms with van der Waals surface area (Å²) in [5, 5.41) is 12.9. The lowest BCUT2D eigenvalue weighted by atomic mass is 10.1. The van der Waals surface area contributed by atoms with Gasteiger partial charge in [-0.05, 0) is 31.0 Å². The van der Waals surface area contributed by atoms with Gasteiger partial charge in [-0.1, -0.05) is 29.3 Å². The predicted octanol–water partition coefficient (Wildman–Crippen LogP) is 2.96. The number of aliphatic hydroxyl groups is 1. The highest BCUT2D eigenvalue weighted by molar-refractivity contribution is 14.0. The molecule has 1 aromatic rings. The SMILES string of the molecule is CC(NC(N)=NCCCO)c1ccc(Cl)cc1Cl.I. The average molecular weight is 418 g/mol. The second-order valence-electron chi connectivity index (χ2n) is 3.88. The van der Waals surface area contributed by atoms with Crippen molar-refractivity contribution in [3.8, 4) is 0 Å². The first-order valence-electron chi connectivity index (χ1n) is 5.67. The third-order valence-electron chi connectivity index (χ3n) is 2.39. The summed E-state index contributed by atoms with van der Waals surface area (Å²) in [6, 6.07) is 5.26. The third-order valence-corrected chi connectivity index (χ3v) is 2.95. The van der Waals surface area contributed by atoms with E-state index in [-0.39, 0.29) is 36.6 Å². The first kappa shape index (κ1) is 18.8. The fourth-order valence-electron chi connectivity index (χ4n) is 1.47. The molecular weight excluding hydrogens is 400 g/mol. The molecule has 0 heterocycles. The van der Waals surface area contributed by atoms with Crippen molar-refractivity contribution in [2.45, 2.75) is 19.4 Å². The van der Waals surface area contributed by atoms with E-state index >= 15 is 0 Å². The first-order valence-corrected chi connectivity index (χ1v) is 6.42. The molecule has 108 valence electrons. The monoisotopic (exact) mass is 417 g/mol. The molecule has 1 unspecified atom stereocenters. The summed E-state index contributed by atoms with van der Waals surface area (Å²) in [5.41, 5.74) is 6.62. The number of guanidine groups is 1. The molecular formula is C12H18Cl2IN3O. The van der Waals surface area contributed by atoms with Crippen LogP contribution in [0.3, 0.4) is 0 Å². The molecule has 7 heteroatoms. The van der Waals surface area contributed by atoms with Crippen molar-refractivity contribution in [2.75, 3.05) is 13.2 Å². The highest BCUT2D eigenvalue weighted by Gasteiger charge is 2.10. The van der Waals surface area contributed by atoms with Gasteiger partial charge in [0.2, 0.25) is 0 Å². The fraction of sp³-hybridized carbons (Fsp3) is 0.417. The Morgan fingerprint density at radius 3 is 2.74 bits per heavy atom. The molecule has 1 aromatic carbocycles. The molecule has 19 heavy (non-hydrogen) atoms. The normalized spacial score (nSPS) is 12.7. The first-order chi connectivity index (χ1) is 8.54. The molecule has 4 N–H and O–H groups in total. The Labute approximate surface area is 140 Å². The zero-order valence-corrected chi connectivity index (χ0v) is 14.4. The predicted molar refractivity (Wildman–Crippen MR) is 91.6 cm³/mol. The Morgan fingerprint density at radius 1 is 1.47 bits per heavy atom. The Balaban J connectivity index is 0.00000324. The molecule has 4 nitrogen and oxygen atoms in total. The van der Waals surface area contributed by atoms with E-state index in [4.69, 9.17) is 34.0 Å². The Morgan fingerprint density at radius 2 is 2.16 bits per heavy atom. The van der Waals surface area contributed by atoms with Gasteiger partial charge >= 0.3 is 0 Å². The van der Waals surface area contributed by atoms with Gasteiger partial charge in [0.15, 0.2) is 5.96 Å². The number of halogens is 3. The van der Waals surface area contributed by atoms with Crippen LogP contribution in [0.5, 0.6) is 0 Å². The average Bonchev–Trinajstić information content (AvgIpc) is 2.28. The van der Waals surface area contributed by atoms with Gasteiger partial charge in [0.25, 0.3) is 0 Å². The number of nitrogens with one attached hydrogen (secondary N) is 1. The van der Waals surface area contributed by atoms with Crippen LogP contribution in [0.1, 0.15) is 24.9 Å². The molecule has 0 fully saturated rings. The van der Waals surface area contributed by atoms with E-state index in [2.05, 4.69) is 10.3 Å². The van der Waals surface area contributed by atoms with Crippen molar-refractivity contribution in [2.24, 2.45) is 10.7 Å². The molecule has 0 bridgehead atoms. The van der Waals surface area contributed by atoms with Crippen molar-refractivity contribution >= 4 is 53.1 Å². The minimum Gasteiger partial charge on any atom is -0.396 e. The van der Waals surface area contributed by atoms with E-state index in [1.54, 1.807) is 12.1 Å². The summed E-state index contributed by atoms with van der Waals surface area (Å²) in [6.45, 7) is 2.54. The summed E-state index contributed by atoms with van der Waals surface area (Å²) in [7, 11) is 0. The fourth-order valence-corrected chi connectivity index (χ4v) is 2.04. The lowest BCUT2D eigenvalue weighted by Gasteiger charge is -2.16. The minimum atomic E-state index is -0.0624. The van der Waals surface area contributed by atoms with Gasteiger partial charge in [0.05, 0.1) is 6.04 Å². The van der Waals surface area contributed by atoms with Gasteiger partial charge < -0.3 is 16.2 Å². The number of nitrogens with two attached hydrogens (primary N) is 1. The van der Waals surface area contributed by atoms with Crippen molar-refractivity contribution < 1.29 is 5.11 Å². The van der Waals surface area contributed by atoms with E-state index in [0.29, 0.717) is 29.0 Å². The van der Waals surface area contributed by atoms with Crippen LogP contribution < -0.4 is 11.1 Å². The van der Waals surface area contributed by atoms with E-state index in [0.717, 1.165) is 5.56 Å². The lowest BCUT2D eigenvalue weighted by molar-refractivity contribution is 0.291. The maximum absolute atomic E-state index is 8.64. The van der Waals surface area contributed by atoms with Crippen molar-refractivity contribution in [1.82, 2.24) is 5.32 Å². The van der Waals surface area contributed by atoms with Gasteiger partial charge in [-0.3, -0.25) is 4.99 Å². The van der Waals surface area contributed by atoms with Crippen molar-refractivity contribution in [1.29, 1.82) is 0 Å². The standard InChI is InChI=1S/C12H17Cl2N3O.HI/c1-8(17-12(15)16-5-2-6-18)10-4-3-9(13)7-11(10)14;/h3-4,7-8,18H,2,5-6H2,1H3,(H3,15,16,17);1H. The number of hydrogen-bond donors (Lipinski definition) is 3. The largest absolute Gasteiger partial charge is 0.396 e. The van der Waals surface area contributed by atoms with E-state index in [1.165, 1.54) is 0 Å². The number of aliphatic imine (C=N–C) groups is 1. The quantitative estimate of drug-likeness (QED) is 0.298. The van der Waals surface area contributed by atoms with Crippen LogP contribution in [0, 0.1) is 0 Å². The molecule has 0 aliphatic carbocycles. The number of rotatable bonds is 5. The molecule has 0 saturated heterocycles. The maximum atomic E-state index is 8.64. The Hall–Kier alpha value is -0.240. The molecule has 0 radical (unpaired) electrons. The Kier molecular flexibility index (Phi) is 9.51. The van der Waals surface area contributed by atoms with Crippen LogP contribution in [0.15, 0.2) is 23.2 Å². The highest BCUT2D eigenvalue weighted by atomic mass is 127. The van der Waals surface area contributed by atoms with Crippen LogP contribution in [0.2, 0.25) is 10.0 Å². The van der Waals surface area contributed by atoms with E-state index in [9.17, 15) is 0 Å². The molecule has 0 saturated carbocycles. The van der Waals surface area contributed by atoms with Gasteiger partial charge in [-0.2, -0.15) is 0 Å². The molecule has 0 amide bonds. The van der Waals surface area contributed by atoms with Gasteiger partial charge in [0.1, 0.15) is 0 Å². The molecule has 0 aliphatic heterocycles. The van der Waals surface area contributed by atoms with Gasteiger partial charge in [-0.25, -0.2) is 0 Å².